The SMILES string of the molecule is CCc1nnc(-c2ccccc2N)c2cc3c(cc12)OCO3. The maximum Gasteiger partial charge on any atom is 0.231 e. The highest BCUT2D eigenvalue weighted by molar-refractivity contribution is 5.99. The van der Waals surface area contributed by atoms with Gasteiger partial charge in [0, 0.05) is 22.0 Å². The minimum absolute atomic E-state index is 0.247. The zero-order valence-corrected chi connectivity index (χ0v) is 12.2. The Balaban J connectivity index is 2.06. The number of para-hydroxylation sites is 1. The molecule has 1 aliphatic heterocycles. The fraction of sp³-hybridized carbons (Fsp3) is 0.176. The van der Waals surface area contributed by atoms with E-state index in [9.17, 15) is 0 Å². The number of aryl methyl sites for hydroxylation is 1. The summed E-state index contributed by atoms with van der Waals surface area (Å²) in [5, 5.41) is 10.8. The van der Waals surface area contributed by atoms with Crippen LogP contribution in [0, 0.1) is 0 Å². The molecule has 0 unspecified atom stereocenters. The fourth-order valence-electron chi connectivity index (χ4n) is 2.77. The van der Waals surface area contributed by atoms with Crippen LogP contribution >= 0.6 is 0 Å². The first-order valence-corrected chi connectivity index (χ1v) is 7.21. The van der Waals surface area contributed by atoms with Crippen LogP contribution in [-0.4, -0.2) is 17.0 Å². The van der Waals surface area contributed by atoms with Crippen molar-refractivity contribution < 1.29 is 9.47 Å². The Bertz CT molecular complexity index is 877. The minimum atomic E-state index is 0.247. The van der Waals surface area contributed by atoms with Gasteiger partial charge in [0.25, 0.3) is 0 Å². The molecular formula is C17H15N3O2. The number of nitrogens with zero attached hydrogens (tertiary/aromatic N) is 2. The molecule has 0 amide bonds. The first-order valence-electron chi connectivity index (χ1n) is 7.21. The van der Waals surface area contributed by atoms with Gasteiger partial charge in [-0.05, 0) is 24.6 Å². The van der Waals surface area contributed by atoms with Gasteiger partial charge < -0.3 is 15.2 Å². The van der Waals surface area contributed by atoms with Crippen LogP contribution in [0.3, 0.4) is 0 Å². The molecule has 1 aromatic heterocycles. The number of fused-ring (bicyclic) bond motifs is 2. The maximum absolute atomic E-state index is 6.10. The molecule has 2 heterocycles. The fourth-order valence-corrected chi connectivity index (χ4v) is 2.77. The second kappa shape index (κ2) is 4.87. The van der Waals surface area contributed by atoms with Crippen molar-refractivity contribution in [1.82, 2.24) is 10.2 Å². The van der Waals surface area contributed by atoms with Gasteiger partial charge in [0.2, 0.25) is 6.79 Å². The van der Waals surface area contributed by atoms with Gasteiger partial charge in [-0.25, -0.2) is 0 Å². The van der Waals surface area contributed by atoms with Crippen LogP contribution in [0.4, 0.5) is 5.69 Å². The number of rotatable bonds is 2. The Kier molecular flexibility index (Phi) is 2.85. The molecule has 0 fully saturated rings. The molecule has 5 heteroatoms. The van der Waals surface area contributed by atoms with Crippen molar-refractivity contribution in [3.8, 4) is 22.8 Å². The summed E-state index contributed by atoms with van der Waals surface area (Å²) in [6, 6.07) is 11.6. The third kappa shape index (κ3) is 1.86. The average Bonchev–Trinajstić information content (AvgIpc) is 3.00. The van der Waals surface area contributed by atoms with Gasteiger partial charge in [0.05, 0.1) is 5.69 Å². The number of ether oxygens (including phenoxy) is 2. The summed E-state index contributed by atoms with van der Waals surface area (Å²) in [6.45, 7) is 2.31. The zero-order valence-electron chi connectivity index (χ0n) is 12.2. The van der Waals surface area contributed by atoms with E-state index in [0.29, 0.717) is 5.69 Å². The molecule has 3 aromatic rings. The lowest BCUT2D eigenvalue weighted by Gasteiger charge is -2.11. The van der Waals surface area contributed by atoms with Crippen molar-refractivity contribution in [2.24, 2.45) is 0 Å². The number of hydrogen-bond acceptors (Lipinski definition) is 5. The number of aromatic nitrogens is 2. The summed E-state index contributed by atoms with van der Waals surface area (Å²) in [5.74, 6) is 1.49. The van der Waals surface area contributed by atoms with Gasteiger partial charge in [0.1, 0.15) is 5.69 Å². The minimum Gasteiger partial charge on any atom is -0.454 e. The summed E-state index contributed by atoms with van der Waals surface area (Å²) in [7, 11) is 0. The van der Waals surface area contributed by atoms with E-state index in [1.165, 1.54) is 0 Å². The largest absolute Gasteiger partial charge is 0.454 e. The van der Waals surface area contributed by atoms with E-state index in [2.05, 4.69) is 17.1 Å². The molecule has 5 nitrogen and oxygen atoms in total. The van der Waals surface area contributed by atoms with Crippen molar-refractivity contribution in [2.45, 2.75) is 13.3 Å². The van der Waals surface area contributed by atoms with E-state index in [1.807, 2.05) is 36.4 Å². The second-order valence-corrected chi connectivity index (χ2v) is 5.19. The van der Waals surface area contributed by atoms with Crippen molar-refractivity contribution in [3.63, 3.8) is 0 Å². The molecule has 0 bridgehead atoms. The number of benzene rings is 2. The number of nitrogens with two attached hydrogens (primary N) is 1. The first-order chi connectivity index (χ1) is 10.8. The van der Waals surface area contributed by atoms with Crippen molar-refractivity contribution in [2.75, 3.05) is 12.5 Å². The van der Waals surface area contributed by atoms with Crippen LogP contribution in [0.5, 0.6) is 11.5 Å². The van der Waals surface area contributed by atoms with Gasteiger partial charge in [-0.1, -0.05) is 25.1 Å². The Morgan fingerprint density at radius 2 is 1.77 bits per heavy atom. The molecular weight excluding hydrogens is 278 g/mol. The molecule has 2 aromatic carbocycles. The molecule has 0 saturated carbocycles. The molecule has 1 aliphatic rings. The third-order valence-electron chi connectivity index (χ3n) is 3.90. The lowest BCUT2D eigenvalue weighted by molar-refractivity contribution is 0.174. The first kappa shape index (κ1) is 12.9. The topological polar surface area (TPSA) is 70.3 Å². The monoisotopic (exact) mass is 293 g/mol. The second-order valence-electron chi connectivity index (χ2n) is 5.19. The molecule has 0 atom stereocenters. The van der Waals surface area contributed by atoms with Crippen LogP contribution in [0.1, 0.15) is 12.6 Å². The van der Waals surface area contributed by atoms with Crippen LogP contribution < -0.4 is 15.2 Å². The van der Waals surface area contributed by atoms with E-state index in [-0.39, 0.29) is 6.79 Å². The third-order valence-corrected chi connectivity index (χ3v) is 3.90. The standard InChI is InChI=1S/C17H15N3O2/c1-2-14-11-7-15-16(22-9-21-15)8-12(11)17(20-19-14)10-5-3-4-6-13(10)18/h3-8H,2,9,18H2,1H3. The molecule has 4 rings (SSSR count). The summed E-state index contributed by atoms with van der Waals surface area (Å²) in [5.41, 5.74) is 9.36. The van der Waals surface area contributed by atoms with E-state index in [0.717, 1.165) is 45.6 Å². The van der Waals surface area contributed by atoms with Crippen molar-refractivity contribution >= 4 is 16.5 Å². The summed E-state index contributed by atoms with van der Waals surface area (Å²) < 4.78 is 11.0. The predicted octanol–water partition coefficient (Wildman–Crippen LogP) is 3.17. The van der Waals surface area contributed by atoms with E-state index < -0.39 is 0 Å². The highest BCUT2D eigenvalue weighted by Gasteiger charge is 2.19. The predicted molar refractivity (Wildman–Crippen MR) is 84.9 cm³/mol. The molecule has 0 spiro atoms. The van der Waals surface area contributed by atoms with E-state index in [4.69, 9.17) is 15.2 Å². The lowest BCUT2D eigenvalue weighted by atomic mass is 10.0. The summed E-state index contributed by atoms with van der Waals surface area (Å²) in [4.78, 5) is 0. The molecule has 0 radical (unpaired) electrons. The van der Waals surface area contributed by atoms with Gasteiger partial charge in [0.15, 0.2) is 11.5 Å². The Morgan fingerprint density at radius 3 is 2.50 bits per heavy atom. The van der Waals surface area contributed by atoms with Crippen LogP contribution in [0.25, 0.3) is 22.0 Å². The van der Waals surface area contributed by atoms with Gasteiger partial charge in [-0.2, -0.15) is 5.10 Å². The van der Waals surface area contributed by atoms with Crippen molar-refractivity contribution in [1.29, 1.82) is 0 Å². The molecule has 0 saturated heterocycles. The highest BCUT2D eigenvalue weighted by Crippen LogP contribution is 2.40. The van der Waals surface area contributed by atoms with Gasteiger partial charge in [-0.15, -0.1) is 5.10 Å². The van der Waals surface area contributed by atoms with Crippen LogP contribution in [0.2, 0.25) is 0 Å². The van der Waals surface area contributed by atoms with Crippen molar-refractivity contribution in [3.05, 3.63) is 42.1 Å². The number of nitrogen functional groups attached to an aromatic ring is 1. The normalized spacial score (nSPS) is 12.8. The highest BCUT2D eigenvalue weighted by atomic mass is 16.7. The smallest absolute Gasteiger partial charge is 0.231 e. The number of hydrogen-bond donors (Lipinski definition) is 1. The van der Waals surface area contributed by atoms with E-state index >= 15 is 0 Å². The van der Waals surface area contributed by atoms with Crippen LogP contribution in [0.15, 0.2) is 36.4 Å². The summed E-state index contributed by atoms with van der Waals surface area (Å²) in [6.07, 6.45) is 0.799. The molecule has 0 aliphatic carbocycles. The van der Waals surface area contributed by atoms with Gasteiger partial charge >= 0.3 is 0 Å². The number of anilines is 1. The Labute approximate surface area is 127 Å². The van der Waals surface area contributed by atoms with Crippen LogP contribution in [-0.2, 0) is 6.42 Å². The van der Waals surface area contributed by atoms with E-state index in [1.54, 1.807) is 0 Å². The van der Waals surface area contributed by atoms with Gasteiger partial charge in [-0.3, -0.25) is 0 Å². The quantitative estimate of drug-likeness (QED) is 0.735. The maximum atomic E-state index is 6.10. The average molecular weight is 293 g/mol. The molecule has 2 N–H and O–H groups in total. The Hall–Kier alpha value is -2.82. The lowest BCUT2D eigenvalue weighted by Crippen LogP contribution is -1.99. The summed E-state index contributed by atoms with van der Waals surface area (Å²) >= 11 is 0. The molecule has 22 heavy (non-hydrogen) atoms. The zero-order chi connectivity index (χ0) is 15.1. The molecule has 110 valence electrons. The Morgan fingerprint density at radius 1 is 1.05 bits per heavy atom.